The third-order valence-corrected chi connectivity index (χ3v) is 5.67. The molecule has 1 fully saturated rings. The molecule has 1 aromatic heterocycles. The Morgan fingerprint density at radius 1 is 1.30 bits per heavy atom. The summed E-state index contributed by atoms with van der Waals surface area (Å²) in [6.07, 6.45) is 6.46. The summed E-state index contributed by atoms with van der Waals surface area (Å²) in [6, 6.07) is 6.08. The number of aliphatic carboxylic acids is 1. The number of anilines is 1. The first-order valence-electron chi connectivity index (χ1n) is 8.06. The van der Waals surface area contributed by atoms with Crippen LogP contribution in [-0.4, -0.2) is 16.1 Å². The van der Waals surface area contributed by atoms with Gasteiger partial charge in [0, 0.05) is 18.3 Å². The lowest BCUT2D eigenvalue weighted by Crippen LogP contribution is -2.22. The van der Waals surface area contributed by atoms with Crippen molar-refractivity contribution in [2.45, 2.75) is 39.0 Å². The molecule has 1 aromatic carbocycles. The zero-order chi connectivity index (χ0) is 16.4. The smallest absolute Gasteiger partial charge is 0.306 e. The summed E-state index contributed by atoms with van der Waals surface area (Å²) in [7, 11) is 0. The molecule has 1 saturated carbocycles. The molecule has 23 heavy (non-hydrogen) atoms. The number of nitrogens with zero attached hydrogens (tertiary/aromatic N) is 1. The van der Waals surface area contributed by atoms with Gasteiger partial charge in [-0.25, -0.2) is 4.98 Å². The maximum atomic E-state index is 11.0. The molecule has 0 spiro atoms. The van der Waals surface area contributed by atoms with Gasteiger partial charge in [0.2, 0.25) is 0 Å². The number of rotatable bonds is 4. The molecule has 0 unspecified atom stereocenters. The number of hydrogen-bond donors (Lipinski definition) is 2. The number of carbonyl (C=O) groups is 1. The number of carboxylic acid groups (broad SMARTS) is 1. The summed E-state index contributed by atoms with van der Waals surface area (Å²) in [6.45, 7) is 2.04. The lowest BCUT2D eigenvalue weighted by Gasteiger charge is -2.25. The van der Waals surface area contributed by atoms with E-state index in [2.05, 4.69) is 11.1 Å². The number of aryl methyl sites for hydroxylation is 1. The Morgan fingerprint density at radius 3 is 2.70 bits per heavy atom. The van der Waals surface area contributed by atoms with Crippen LogP contribution in [0.2, 0.25) is 0 Å². The minimum absolute atomic E-state index is 0.145. The van der Waals surface area contributed by atoms with Gasteiger partial charge in [-0.1, -0.05) is 6.07 Å². The van der Waals surface area contributed by atoms with Crippen molar-refractivity contribution in [1.29, 1.82) is 0 Å². The van der Waals surface area contributed by atoms with E-state index in [1.807, 2.05) is 25.3 Å². The van der Waals surface area contributed by atoms with Crippen LogP contribution in [0, 0.1) is 18.8 Å². The van der Waals surface area contributed by atoms with Crippen LogP contribution < -0.4 is 5.73 Å². The second-order valence-corrected chi connectivity index (χ2v) is 7.63. The number of thiazole rings is 1. The van der Waals surface area contributed by atoms with Crippen LogP contribution in [0.4, 0.5) is 5.69 Å². The van der Waals surface area contributed by atoms with E-state index in [0.29, 0.717) is 5.92 Å². The van der Waals surface area contributed by atoms with E-state index in [1.165, 1.54) is 0 Å². The van der Waals surface area contributed by atoms with Crippen molar-refractivity contribution in [1.82, 2.24) is 4.98 Å². The fourth-order valence-electron chi connectivity index (χ4n) is 3.35. The number of nitrogen functional groups attached to an aromatic ring is 1. The molecule has 3 rings (SSSR count). The predicted octanol–water partition coefficient (Wildman–Crippen LogP) is 4.13. The summed E-state index contributed by atoms with van der Waals surface area (Å²) in [5.74, 6) is -0.224. The van der Waals surface area contributed by atoms with Crippen LogP contribution in [0.5, 0.6) is 0 Å². The Bertz CT molecular complexity index is 683. The average molecular weight is 330 g/mol. The SMILES string of the molecule is Cc1cc(N)cc(-c2cnc(CC3CCC(C(=O)O)CC3)s2)c1. The number of nitrogens with two attached hydrogens (primary N) is 1. The van der Waals surface area contributed by atoms with Crippen molar-refractivity contribution in [3.8, 4) is 10.4 Å². The van der Waals surface area contributed by atoms with Gasteiger partial charge in [0.25, 0.3) is 0 Å². The molecule has 0 amide bonds. The monoisotopic (exact) mass is 330 g/mol. The van der Waals surface area contributed by atoms with Gasteiger partial charge in [0.1, 0.15) is 0 Å². The van der Waals surface area contributed by atoms with Crippen LogP contribution in [0.1, 0.15) is 36.3 Å². The molecule has 1 aliphatic carbocycles. The second-order valence-electron chi connectivity index (χ2n) is 6.51. The van der Waals surface area contributed by atoms with Crippen molar-refractivity contribution in [3.05, 3.63) is 35.0 Å². The van der Waals surface area contributed by atoms with E-state index >= 15 is 0 Å². The Kier molecular flexibility index (Phi) is 4.66. The maximum absolute atomic E-state index is 11.0. The molecule has 5 heteroatoms. The predicted molar refractivity (Wildman–Crippen MR) is 93.5 cm³/mol. The molecule has 4 nitrogen and oxygen atoms in total. The molecule has 0 radical (unpaired) electrons. The highest BCUT2D eigenvalue weighted by Gasteiger charge is 2.26. The number of aromatic nitrogens is 1. The number of carboxylic acids is 1. The van der Waals surface area contributed by atoms with Crippen molar-refractivity contribution in [2.75, 3.05) is 5.73 Å². The normalized spacial score (nSPS) is 21.3. The van der Waals surface area contributed by atoms with E-state index in [1.54, 1.807) is 11.3 Å². The van der Waals surface area contributed by atoms with E-state index in [4.69, 9.17) is 10.8 Å². The van der Waals surface area contributed by atoms with Crippen LogP contribution >= 0.6 is 11.3 Å². The molecule has 0 saturated heterocycles. The number of hydrogen-bond acceptors (Lipinski definition) is 4. The van der Waals surface area contributed by atoms with E-state index in [9.17, 15) is 4.79 Å². The van der Waals surface area contributed by atoms with Crippen molar-refractivity contribution < 1.29 is 9.90 Å². The fourth-order valence-corrected chi connectivity index (χ4v) is 4.37. The van der Waals surface area contributed by atoms with Gasteiger partial charge in [-0.05, 0) is 61.8 Å². The van der Waals surface area contributed by atoms with Gasteiger partial charge < -0.3 is 10.8 Å². The quantitative estimate of drug-likeness (QED) is 0.826. The molecule has 0 bridgehead atoms. The summed E-state index contributed by atoms with van der Waals surface area (Å²) in [5.41, 5.74) is 8.99. The molecule has 1 aliphatic rings. The zero-order valence-electron chi connectivity index (χ0n) is 13.3. The summed E-state index contributed by atoms with van der Waals surface area (Å²) in [5, 5.41) is 10.2. The summed E-state index contributed by atoms with van der Waals surface area (Å²) in [4.78, 5) is 16.7. The lowest BCUT2D eigenvalue weighted by atomic mass is 9.81. The summed E-state index contributed by atoms with van der Waals surface area (Å²) < 4.78 is 0. The van der Waals surface area contributed by atoms with E-state index in [-0.39, 0.29) is 5.92 Å². The zero-order valence-corrected chi connectivity index (χ0v) is 14.1. The summed E-state index contributed by atoms with van der Waals surface area (Å²) >= 11 is 1.72. The lowest BCUT2D eigenvalue weighted by molar-refractivity contribution is -0.143. The molecule has 2 aromatic rings. The third-order valence-electron chi connectivity index (χ3n) is 4.60. The van der Waals surface area contributed by atoms with Crippen molar-refractivity contribution >= 4 is 23.0 Å². The molecule has 0 atom stereocenters. The van der Waals surface area contributed by atoms with Crippen LogP contribution in [0.25, 0.3) is 10.4 Å². The van der Waals surface area contributed by atoms with Crippen LogP contribution in [0.15, 0.2) is 24.4 Å². The van der Waals surface area contributed by atoms with E-state index < -0.39 is 5.97 Å². The highest BCUT2D eigenvalue weighted by molar-refractivity contribution is 7.15. The standard InChI is InChI=1S/C18H22N2O2S/c1-11-6-14(9-15(19)7-11)16-10-20-17(23-16)8-12-2-4-13(5-3-12)18(21)22/h6-7,9-10,12-13H,2-5,8,19H2,1H3,(H,21,22). The van der Waals surface area contributed by atoms with Crippen molar-refractivity contribution in [2.24, 2.45) is 11.8 Å². The Hall–Kier alpha value is -1.88. The molecule has 3 N–H and O–H groups in total. The van der Waals surface area contributed by atoms with Crippen molar-refractivity contribution in [3.63, 3.8) is 0 Å². The first-order valence-corrected chi connectivity index (χ1v) is 8.88. The Morgan fingerprint density at radius 2 is 2.04 bits per heavy atom. The molecular formula is C18H22N2O2S. The first kappa shape index (κ1) is 16.0. The first-order chi connectivity index (χ1) is 11.0. The molecule has 122 valence electrons. The highest BCUT2D eigenvalue weighted by atomic mass is 32.1. The Balaban J connectivity index is 1.65. The molecular weight excluding hydrogens is 308 g/mol. The van der Waals surface area contributed by atoms with Crippen LogP contribution in [0.3, 0.4) is 0 Å². The number of benzene rings is 1. The fraction of sp³-hybridized carbons (Fsp3) is 0.444. The van der Waals surface area contributed by atoms with Gasteiger partial charge in [0.15, 0.2) is 0 Å². The third kappa shape index (κ3) is 3.91. The van der Waals surface area contributed by atoms with Gasteiger partial charge in [0.05, 0.1) is 15.8 Å². The molecule has 0 aliphatic heterocycles. The minimum Gasteiger partial charge on any atom is -0.481 e. The molecule has 1 heterocycles. The maximum Gasteiger partial charge on any atom is 0.306 e. The Labute approximate surface area is 140 Å². The average Bonchev–Trinajstić information content (AvgIpc) is 2.95. The topological polar surface area (TPSA) is 76.2 Å². The van der Waals surface area contributed by atoms with Gasteiger partial charge in [-0.2, -0.15) is 0 Å². The van der Waals surface area contributed by atoms with E-state index in [0.717, 1.165) is 58.8 Å². The largest absolute Gasteiger partial charge is 0.481 e. The minimum atomic E-state index is -0.642. The highest BCUT2D eigenvalue weighted by Crippen LogP contribution is 2.34. The van der Waals surface area contributed by atoms with Gasteiger partial charge in [-0.3, -0.25) is 4.79 Å². The van der Waals surface area contributed by atoms with Gasteiger partial charge >= 0.3 is 5.97 Å². The van der Waals surface area contributed by atoms with Crippen LogP contribution in [-0.2, 0) is 11.2 Å². The second kappa shape index (κ2) is 6.71. The van der Waals surface area contributed by atoms with Gasteiger partial charge in [-0.15, -0.1) is 11.3 Å².